The number of nitrogens with one attached hydrogen (secondary N) is 1. The fourth-order valence-corrected chi connectivity index (χ4v) is 4.54. The molecule has 2 bridgehead atoms. The minimum absolute atomic E-state index is 0.0700. The van der Waals surface area contributed by atoms with Gasteiger partial charge in [0.05, 0.1) is 5.75 Å². The van der Waals surface area contributed by atoms with E-state index in [1.54, 1.807) is 0 Å². The molecule has 5 heteroatoms. The molecule has 0 saturated heterocycles. The van der Waals surface area contributed by atoms with Gasteiger partial charge in [-0.05, 0) is 43.4 Å². The molecular weight excluding hydrogens is 224 g/mol. The third-order valence-electron chi connectivity index (χ3n) is 4.21. The molecule has 16 heavy (non-hydrogen) atoms. The fourth-order valence-electron chi connectivity index (χ4n) is 3.58. The molecule has 0 aromatic rings. The van der Waals surface area contributed by atoms with E-state index < -0.39 is 9.84 Å². The van der Waals surface area contributed by atoms with Crippen LogP contribution in [0.4, 0.5) is 0 Å². The second kappa shape index (κ2) is 4.63. The molecule has 3 N–H and O–H groups in total. The molecule has 4 nitrogen and oxygen atoms in total. The Morgan fingerprint density at radius 2 is 2.12 bits per heavy atom. The molecule has 0 spiro atoms. The highest BCUT2D eigenvalue weighted by molar-refractivity contribution is 7.90. The van der Waals surface area contributed by atoms with E-state index >= 15 is 0 Å². The number of rotatable bonds is 5. The van der Waals surface area contributed by atoms with Crippen LogP contribution in [0.2, 0.25) is 0 Å². The number of nitrogens with two attached hydrogens (primary N) is 1. The predicted molar refractivity (Wildman–Crippen MR) is 64.4 cm³/mol. The minimum Gasteiger partial charge on any atom is -0.271 e. The van der Waals surface area contributed by atoms with E-state index in [4.69, 9.17) is 5.84 Å². The predicted octanol–water partition coefficient (Wildman–Crippen LogP) is 0.689. The van der Waals surface area contributed by atoms with E-state index in [0.717, 1.165) is 18.3 Å². The summed E-state index contributed by atoms with van der Waals surface area (Å²) < 4.78 is 22.5. The Bertz CT molecular complexity index is 342. The number of hydrogen-bond acceptors (Lipinski definition) is 4. The maximum atomic E-state index is 11.2. The summed E-state index contributed by atoms with van der Waals surface area (Å²) in [5.74, 6) is 8.04. The average molecular weight is 246 g/mol. The van der Waals surface area contributed by atoms with Gasteiger partial charge in [-0.1, -0.05) is 6.42 Å². The smallest absolute Gasteiger partial charge is 0.149 e. The zero-order valence-electron chi connectivity index (χ0n) is 9.85. The second-order valence-corrected chi connectivity index (χ2v) is 7.81. The van der Waals surface area contributed by atoms with Gasteiger partial charge < -0.3 is 0 Å². The second-order valence-electron chi connectivity index (χ2n) is 5.63. The average Bonchev–Trinajstić information content (AvgIpc) is 2.75. The fraction of sp³-hybridized carbons (Fsp3) is 1.00. The summed E-state index contributed by atoms with van der Waals surface area (Å²) in [6, 6.07) is -0.0700. The van der Waals surface area contributed by atoms with E-state index in [1.807, 2.05) is 0 Å². The Kier molecular flexibility index (Phi) is 3.56. The summed E-state index contributed by atoms with van der Waals surface area (Å²) in [5.41, 5.74) is 2.67. The number of hydrazine groups is 1. The van der Waals surface area contributed by atoms with Gasteiger partial charge in [-0.25, -0.2) is 8.42 Å². The normalized spacial score (nSPS) is 35.5. The Labute approximate surface area is 97.9 Å². The molecule has 0 aromatic carbocycles. The summed E-state index contributed by atoms with van der Waals surface area (Å²) in [6.07, 6.45) is 7.57. The van der Waals surface area contributed by atoms with Gasteiger partial charge in [-0.2, -0.15) is 0 Å². The summed E-state index contributed by atoms with van der Waals surface area (Å²) >= 11 is 0. The van der Waals surface area contributed by atoms with Crippen LogP contribution in [0.3, 0.4) is 0 Å². The number of fused-ring (bicyclic) bond motifs is 2. The lowest BCUT2D eigenvalue weighted by molar-refractivity contribution is 0.286. The van der Waals surface area contributed by atoms with Crippen LogP contribution in [0.1, 0.15) is 32.1 Å². The SMILES string of the molecule is CS(=O)(=O)CC(CC1CC2CCC1C2)NN. The largest absolute Gasteiger partial charge is 0.271 e. The van der Waals surface area contributed by atoms with E-state index in [2.05, 4.69) is 5.43 Å². The molecule has 4 unspecified atom stereocenters. The quantitative estimate of drug-likeness (QED) is 0.553. The van der Waals surface area contributed by atoms with Crippen molar-refractivity contribution in [1.82, 2.24) is 5.43 Å². The highest BCUT2D eigenvalue weighted by atomic mass is 32.2. The molecule has 2 aliphatic carbocycles. The minimum atomic E-state index is -2.93. The van der Waals surface area contributed by atoms with Crippen LogP contribution in [0, 0.1) is 17.8 Å². The standard InChI is InChI=1S/C11H22N2O2S/c1-16(14,15)7-11(13-12)6-10-5-8-2-3-9(10)4-8/h8-11,13H,2-7,12H2,1H3. The molecule has 4 atom stereocenters. The Hall–Kier alpha value is -0.130. The maximum Gasteiger partial charge on any atom is 0.149 e. The van der Waals surface area contributed by atoms with Gasteiger partial charge in [0.1, 0.15) is 9.84 Å². The molecule has 2 aliphatic rings. The Morgan fingerprint density at radius 1 is 1.38 bits per heavy atom. The third-order valence-corrected chi connectivity index (χ3v) is 5.22. The van der Waals surface area contributed by atoms with Crippen molar-refractivity contribution in [1.29, 1.82) is 0 Å². The van der Waals surface area contributed by atoms with Gasteiger partial charge in [0.2, 0.25) is 0 Å². The van der Waals surface area contributed by atoms with Crippen LogP contribution in [0.25, 0.3) is 0 Å². The summed E-state index contributed by atoms with van der Waals surface area (Å²) in [7, 11) is -2.93. The summed E-state index contributed by atoms with van der Waals surface area (Å²) in [4.78, 5) is 0. The molecule has 0 heterocycles. The molecule has 0 aromatic heterocycles. The van der Waals surface area contributed by atoms with Crippen LogP contribution >= 0.6 is 0 Å². The zero-order valence-corrected chi connectivity index (χ0v) is 10.7. The van der Waals surface area contributed by atoms with Gasteiger partial charge >= 0.3 is 0 Å². The summed E-state index contributed by atoms with van der Waals surface area (Å²) in [5, 5.41) is 0. The van der Waals surface area contributed by atoms with Crippen molar-refractivity contribution >= 4 is 9.84 Å². The first-order chi connectivity index (χ1) is 7.48. The number of sulfone groups is 1. The monoisotopic (exact) mass is 246 g/mol. The Balaban J connectivity index is 1.87. The van der Waals surface area contributed by atoms with Crippen LogP contribution in [0.15, 0.2) is 0 Å². The molecule has 94 valence electrons. The molecule has 2 fully saturated rings. The van der Waals surface area contributed by atoms with Gasteiger partial charge in [0, 0.05) is 12.3 Å². The van der Waals surface area contributed by atoms with Crippen molar-refractivity contribution in [3.05, 3.63) is 0 Å². The van der Waals surface area contributed by atoms with Crippen LogP contribution < -0.4 is 11.3 Å². The zero-order chi connectivity index (χ0) is 11.8. The first kappa shape index (κ1) is 12.3. The van der Waals surface area contributed by atoms with Crippen molar-refractivity contribution in [3.8, 4) is 0 Å². The molecule has 0 amide bonds. The van der Waals surface area contributed by atoms with Crippen molar-refractivity contribution in [3.63, 3.8) is 0 Å². The molecule has 2 saturated carbocycles. The lowest BCUT2D eigenvalue weighted by Gasteiger charge is -2.25. The lowest BCUT2D eigenvalue weighted by atomic mass is 9.84. The van der Waals surface area contributed by atoms with E-state index in [9.17, 15) is 8.42 Å². The first-order valence-electron chi connectivity index (χ1n) is 6.12. The maximum absolute atomic E-state index is 11.2. The molecular formula is C11H22N2O2S. The molecule has 2 rings (SSSR count). The lowest BCUT2D eigenvalue weighted by Crippen LogP contribution is -2.42. The first-order valence-corrected chi connectivity index (χ1v) is 8.18. The highest BCUT2D eigenvalue weighted by Gasteiger charge is 2.40. The van der Waals surface area contributed by atoms with Crippen LogP contribution in [-0.2, 0) is 9.84 Å². The van der Waals surface area contributed by atoms with Crippen LogP contribution in [0.5, 0.6) is 0 Å². The summed E-state index contributed by atoms with van der Waals surface area (Å²) in [6.45, 7) is 0. The van der Waals surface area contributed by atoms with Crippen molar-refractivity contribution < 1.29 is 8.42 Å². The molecule has 0 aliphatic heterocycles. The Morgan fingerprint density at radius 3 is 2.56 bits per heavy atom. The van der Waals surface area contributed by atoms with Gasteiger partial charge in [0.15, 0.2) is 0 Å². The van der Waals surface area contributed by atoms with Crippen molar-refractivity contribution in [2.24, 2.45) is 23.6 Å². The van der Waals surface area contributed by atoms with Crippen molar-refractivity contribution in [2.45, 2.75) is 38.1 Å². The topological polar surface area (TPSA) is 72.2 Å². The van der Waals surface area contributed by atoms with Gasteiger partial charge in [0.25, 0.3) is 0 Å². The van der Waals surface area contributed by atoms with Crippen molar-refractivity contribution in [2.75, 3.05) is 12.0 Å². The van der Waals surface area contributed by atoms with E-state index in [-0.39, 0.29) is 11.8 Å². The van der Waals surface area contributed by atoms with E-state index in [0.29, 0.717) is 5.92 Å². The third kappa shape index (κ3) is 2.96. The van der Waals surface area contributed by atoms with Crippen LogP contribution in [-0.4, -0.2) is 26.5 Å². The van der Waals surface area contributed by atoms with E-state index in [1.165, 1.54) is 31.9 Å². The number of hydrogen-bond donors (Lipinski definition) is 2. The highest BCUT2D eigenvalue weighted by Crippen LogP contribution is 2.49. The van der Waals surface area contributed by atoms with Gasteiger partial charge in [-0.3, -0.25) is 11.3 Å². The van der Waals surface area contributed by atoms with Gasteiger partial charge in [-0.15, -0.1) is 0 Å². The molecule has 0 radical (unpaired) electrons.